The fraction of sp³-hybridized carbons (Fsp3) is 0.240. The molecule has 3 rings (SSSR count). The third-order valence-corrected chi connectivity index (χ3v) is 5.72. The molecule has 29 heavy (non-hydrogen) atoms. The number of phenols is 1. The van der Waals surface area contributed by atoms with Crippen LogP contribution in [-0.4, -0.2) is 11.1 Å². The SMILES string of the molecule is CC(C)(c1ccccc1)c1cc(C(=O)[O-])c(O)c(C(C)(C)c2ccccc2)c1.[Na+]. The molecule has 0 unspecified atom stereocenters. The maximum absolute atomic E-state index is 11.8. The molecule has 144 valence electrons. The maximum Gasteiger partial charge on any atom is 1.00 e. The molecule has 0 aromatic heterocycles. The summed E-state index contributed by atoms with van der Waals surface area (Å²) in [4.78, 5) is 11.8. The summed E-state index contributed by atoms with van der Waals surface area (Å²) in [6.07, 6.45) is 0. The van der Waals surface area contributed by atoms with Gasteiger partial charge in [-0.1, -0.05) is 94.4 Å². The fourth-order valence-electron chi connectivity index (χ4n) is 3.66. The topological polar surface area (TPSA) is 60.4 Å². The molecular weight excluding hydrogens is 371 g/mol. The molecule has 1 N–H and O–H groups in total. The van der Waals surface area contributed by atoms with Crippen LogP contribution in [0, 0.1) is 0 Å². The van der Waals surface area contributed by atoms with Crippen LogP contribution >= 0.6 is 0 Å². The molecule has 0 aliphatic carbocycles. The van der Waals surface area contributed by atoms with Gasteiger partial charge in [0.2, 0.25) is 0 Å². The summed E-state index contributed by atoms with van der Waals surface area (Å²) in [5.74, 6) is -1.62. The average molecular weight is 396 g/mol. The Morgan fingerprint density at radius 2 is 1.21 bits per heavy atom. The Morgan fingerprint density at radius 3 is 1.66 bits per heavy atom. The molecule has 0 amide bonds. The van der Waals surface area contributed by atoms with Gasteiger partial charge in [0.15, 0.2) is 0 Å². The van der Waals surface area contributed by atoms with Gasteiger partial charge in [-0.2, -0.15) is 0 Å². The van der Waals surface area contributed by atoms with Crippen LogP contribution in [0.4, 0.5) is 0 Å². The van der Waals surface area contributed by atoms with E-state index in [1.54, 1.807) is 0 Å². The molecular formula is C25H25NaO3. The second kappa shape index (κ2) is 8.74. The Labute approximate surface area is 194 Å². The van der Waals surface area contributed by atoms with Crippen molar-refractivity contribution in [1.82, 2.24) is 0 Å². The van der Waals surface area contributed by atoms with Crippen molar-refractivity contribution in [1.29, 1.82) is 0 Å². The zero-order valence-corrected chi connectivity index (χ0v) is 19.7. The van der Waals surface area contributed by atoms with E-state index in [4.69, 9.17) is 0 Å². The van der Waals surface area contributed by atoms with E-state index in [0.717, 1.165) is 16.7 Å². The third-order valence-electron chi connectivity index (χ3n) is 5.72. The first-order valence-corrected chi connectivity index (χ1v) is 9.36. The maximum atomic E-state index is 11.8. The molecule has 0 saturated carbocycles. The van der Waals surface area contributed by atoms with Crippen LogP contribution in [0.25, 0.3) is 0 Å². The molecule has 3 aromatic carbocycles. The minimum atomic E-state index is -1.38. The van der Waals surface area contributed by atoms with Crippen molar-refractivity contribution in [3.05, 3.63) is 101 Å². The molecule has 0 spiro atoms. The van der Waals surface area contributed by atoms with Crippen molar-refractivity contribution in [2.75, 3.05) is 0 Å². The molecule has 0 aliphatic rings. The number of carboxylic acid groups (broad SMARTS) is 1. The van der Waals surface area contributed by atoms with Gasteiger partial charge in [-0.15, -0.1) is 0 Å². The summed E-state index contributed by atoms with van der Waals surface area (Å²) in [6, 6.07) is 23.1. The largest absolute Gasteiger partial charge is 1.00 e. The summed E-state index contributed by atoms with van der Waals surface area (Å²) >= 11 is 0. The van der Waals surface area contributed by atoms with Gasteiger partial charge in [0.25, 0.3) is 0 Å². The summed E-state index contributed by atoms with van der Waals surface area (Å²) in [7, 11) is 0. The van der Waals surface area contributed by atoms with Gasteiger partial charge in [-0.05, 0) is 22.8 Å². The molecule has 3 nitrogen and oxygen atoms in total. The van der Waals surface area contributed by atoms with Crippen molar-refractivity contribution in [3.63, 3.8) is 0 Å². The van der Waals surface area contributed by atoms with Crippen molar-refractivity contribution in [2.45, 2.75) is 38.5 Å². The van der Waals surface area contributed by atoms with E-state index in [-0.39, 0.29) is 40.9 Å². The van der Waals surface area contributed by atoms with Crippen LogP contribution in [0.3, 0.4) is 0 Å². The number of hydrogen-bond acceptors (Lipinski definition) is 3. The van der Waals surface area contributed by atoms with Crippen molar-refractivity contribution >= 4 is 5.97 Å². The van der Waals surface area contributed by atoms with Crippen LogP contribution in [-0.2, 0) is 10.8 Å². The molecule has 0 bridgehead atoms. The van der Waals surface area contributed by atoms with E-state index >= 15 is 0 Å². The molecule has 0 aliphatic heterocycles. The molecule has 0 saturated heterocycles. The fourth-order valence-corrected chi connectivity index (χ4v) is 3.66. The quantitative estimate of drug-likeness (QED) is 0.664. The normalized spacial score (nSPS) is 11.6. The van der Waals surface area contributed by atoms with Crippen molar-refractivity contribution in [3.8, 4) is 5.75 Å². The molecule has 0 radical (unpaired) electrons. The van der Waals surface area contributed by atoms with E-state index in [0.29, 0.717) is 5.56 Å². The number of rotatable bonds is 5. The summed E-state index contributed by atoms with van der Waals surface area (Å²) < 4.78 is 0. The Hall–Kier alpha value is -2.07. The molecule has 0 fully saturated rings. The van der Waals surface area contributed by atoms with Crippen LogP contribution in [0.1, 0.15) is 60.3 Å². The minimum Gasteiger partial charge on any atom is -0.545 e. The second-order valence-electron chi connectivity index (χ2n) is 8.19. The van der Waals surface area contributed by atoms with Gasteiger partial charge >= 0.3 is 29.6 Å². The third kappa shape index (κ3) is 4.42. The summed E-state index contributed by atoms with van der Waals surface area (Å²) in [5, 5.41) is 22.6. The van der Waals surface area contributed by atoms with Crippen LogP contribution < -0.4 is 34.7 Å². The van der Waals surface area contributed by atoms with Gasteiger partial charge in [0, 0.05) is 22.0 Å². The first-order valence-electron chi connectivity index (χ1n) is 9.36. The van der Waals surface area contributed by atoms with E-state index in [1.165, 1.54) is 6.07 Å². The monoisotopic (exact) mass is 396 g/mol. The Morgan fingerprint density at radius 1 is 0.759 bits per heavy atom. The van der Waals surface area contributed by atoms with Crippen molar-refractivity contribution < 1.29 is 44.6 Å². The Balaban J connectivity index is 0.00000300. The summed E-state index contributed by atoms with van der Waals surface area (Å²) in [6.45, 7) is 8.06. The first-order chi connectivity index (χ1) is 13.2. The number of carbonyl (C=O) groups excluding carboxylic acids is 1. The number of benzene rings is 3. The average Bonchev–Trinajstić information content (AvgIpc) is 2.69. The summed E-state index contributed by atoms with van der Waals surface area (Å²) in [5.41, 5.74) is 2.23. The predicted molar refractivity (Wildman–Crippen MR) is 110 cm³/mol. The molecule has 4 heteroatoms. The number of carbonyl (C=O) groups is 1. The van der Waals surface area contributed by atoms with Crippen LogP contribution in [0.15, 0.2) is 72.8 Å². The van der Waals surface area contributed by atoms with Gasteiger partial charge in [-0.25, -0.2) is 0 Å². The molecule has 0 heterocycles. The van der Waals surface area contributed by atoms with Gasteiger partial charge in [0.05, 0.1) is 5.97 Å². The zero-order valence-electron chi connectivity index (χ0n) is 17.7. The predicted octanol–water partition coefficient (Wildman–Crippen LogP) is 1.41. The second-order valence-corrected chi connectivity index (χ2v) is 8.19. The van der Waals surface area contributed by atoms with E-state index < -0.39 is 16.8 Å². The van der Waals surface area contributed by atoms with E-state index in [1.807, 2.05) is 94.4 Å². The zero-order chi connectivity index (χ0) is 20.5. The minimum absolute atomic E-state index is 0. The van der Waals surface area contributed by atoms with Gasteiger partial charge in [-0.3, -0.25) is 0 Å². The van der Waals surface area contributed by atoms with Gasteiger partial charge < -0.3 is 15.0 Å². The Kier molecular flexibility index (Phi) is 7.00. The van der Waals surface area contributed by atoms with E-state index in [9.17, 15) is 15.0 Å². The standard InChI is InChI=1S/C25H26O3.Na/c1-24(2,17-11-7-5-8-12-17)19-15-20(23(27)28)22(26)21(16-19)25(3,4)18-13-9-6-10-14-18;/h5-16,26H,1-4H3,(H,27,28);/q;+1/p-1. The molecule has 3 aromatic rings. The van der Waals surface area contributed by atoms with E-state index in [2.05, 4.69) is 0 Å². The Bertz CT molecular complexity index is 993. The van der Waals surface area contributed by atoms with Crippen LogP contribution in [0.2, 0.25) is 0 Å². The molecule has 0 atom stereocenters. The van der Waals surface area contributed by atoms with Gasteiger partial charge in [0.1, 0.15) is 5.75 Å². The van der Waals surface area contributed by atoms with Crippen LogP contribution in [0.5, 0.6) is 5.75 Å². The number of aromatic hydroxyl groups is 1. The smallest absolute Gasteiger partial charge is 0.545 e. The van der Waals surface area contributed by atoms with Crippen molar-refractivity contribution in [2.24, 2.45) is 0 Å². The number of hydrogen-bond donors (Lipinski definition) is 1. The number of aromatic carboxylic acids is 1. The first kappa shape index (κ1) is 23.2. The number of carboxylic acids is 1.